The molecular weight excluding hydrogens is 266 g/mol. The van der Waals surface area contributed by atoms with Crippen LogP contribution < -0.4 is 15.4 Å². The van der Waals surface area contributed by atoms with Gasteiger partial charge in [0.1, 0.15) is 6.04 Å². The minimum absolute atomic E-state index is 0.127. The number of aliphatic hydroxyl groups excluding tert-OH is 1. The Balaban J connectivity index is 4.07. The van der Waals surface area contributed by atoms with E-state index in [0.717, 1.165) is 0 Å². The second-order valence-corrected chi connectivity index (χ2v) is 5.37. The van der Waals surface area contributed by atoms with Gasteiger partial charge in [-0.15, -0.1) is 0 Å². The summed E-state index contributed by atoms with van der Waals surface area (Å²) < 4.78 is 24.1. The lowest BCUT2D eigenvalue weighted by molar-refractivity contribution is -0.139. The van der Waals surface area contributed by atoms with Crippen molar-refractivity contribution in [2.24, 2.45) is 0 Å². The highest BCUT2D eigenvalue weighted by Gasteiger charge is 2.19. The van der Waals surface area contributed by atoms with Gasteiger partial charge in [-0.25, -0.2) is 22.7 Å². The number of carboxylic acids is 1. The van der Waals surface area contributed by atoms with Gasteiger partial charge in [0.05, 0.1) is 5.75 Å². The average molecular weight is 283 g/mol. The van der Waals surface area contributed by atoms with Crippen molar-refractivity contribution < 1.29 is 28.2 Å². The van der Waals surface area contributed by atoms with Gasteiger partial charge in [0.15, 0.2) is 0 Å². The molecule has 0 heterocycles. The highest BCUT2D eigenvalue weighted by Crippen LogP contribution is 1.91. The van der Waals surface area contributed by atoms with Crippen molar-refractivity contribution in [2.75, 3.05) is 26.0 Å². The van der Waals surface area contributed by atoms with Gasteiger partial charge in [0, 0.05) is 19.6 Å². The molecule has 9 nitrogen and oxygen atoms in total. The third-order valence-electron chi connectivity index (χ3n) is 1.99. The number of aliphatic hydroxyl groups is 1. The van der Waals surface area contributed by atoms with Crippen molar-refractivity contribution in [3.63, 3.8) is 0 Å². The fraction of sp³-hybridized carbons (Fsp3) is 0.750. The van der Waals surface area contributed by atoms with E-state index < -0.39 is 28.1 Å². The molecule has 0 spiro atoms. The van der Waals surface area contributed by atoms with Crippen LogP contribution in [0.4, 0.5) is 4.79 Å². The molecule has 0 rings (SSSR count). The lowest BCUT2D eigenvalue weighted by atomic mass is 10.2. The number of hydrogen-bond acceptors (Lipinski definition) is 5. The molecule has 1 atom stereocenters. The highest BCUT2D eigenvalue weighted by atomic mass is 32.2. The Bertz CT molecular complexity index is 382. The van der Waals surface area contributed by atoms with Crippen molar-refractivity contribution >= 4 is 22.0 Å². The molecule has 0 bridgehead atoms. The topological polar surface area (TPSA) is 145 Å². The lowest BCUT2D eigenvalue weighted by Gasteiger charge is -2.13. The predicted molar refractivity (Wildman–Crippen MR) is 62.5 cm³/mol. The van der Waals surface area contributed by atoms with Crippen molar-refractivity contribution in [2.45, 2.75) is 12.5 Å². The van der Waals surface area contributed by atoms with E-state index in [9.17, 15) is 18.0 Å². The predicted octanol–water partition coefficient (Wildman–Crippen LogP) is -2.33. The number of hydrogen-bond donors (Lipinski definition) is 5. The monoisotopic (exact) mass is 283 g/mol. The van der Waals surface area contributed by atoms with E-state index in [-0.39, 0.29) is 25.3 Å². The number of carboxylic acid groups (broad SMARTS) is 1. The van der Waals surface area contributed by atoms with Gasteiger partial charge in [-0.2, -0.15) is 0 Å². The third kappa shape index (κ3) is 7.04. The number of rotatable bonds is 8. The van der Waals surface area contributed by atoms with E-state index in [4.69, 9.17) is 10.2 Å². The molecule has 0 saturated carbocycles. The van der Waals surface area contributed by atoms with Crippen LogP contribution in [0, 0.1) is 0 Å². The molecule has 2 amide bonds. The zero-order chi connectivity index (χ0) is 14.2. The maximum absolute atomic E-state index is 11.2. The second-order valence-electron chi connectivity index (χ2n) is 3.33. The molecule has 18 heavy (non-hydrogen) atoms. The molecule has 0 aliphatic heterocycles. The van der Waals surface area contributed by atoms with Crippen LogP contribution in [0.25, 0.3) is 0 Å². The minimum atomic E-state index is -3.42. The van der Waals surface area contributed by atoms with Gasteiger partial charge in [-0.3, -0.25) is 0 Å². The fourth-order valence-electron chi connectivity index (χ4n) is 0.997. The number of carbonyl (C=O) groups excluding carboxylic acids is 1. The number of aliphatic carboxylic acids is 1. The normalized spacial score (nSPS) is 12.8. The van der Waals surface area contributed by atoms with E-state index in [2.05, 4.69) is 15.4 Å². The molecule has 106 valence electrons. The first-order valence-electron chi connectivity index (χ1n) is 5.11. The first kappa shape index (κ1) is 16.6. The summed E-state index contributed by atoms with van der Waals surface area (Å²) in [6, 6.07) is -2.02. The van der Waals surface area contributed by atoms with Crippen molar-refractivity contribution in [3.05, 3.63) is 0 Å². The van der Waals surface area contributed by atoms with E-state index >= 15 is 0 Å². The molecule has 0 fully saturated rings. The standard InChI is InChI=1S/C8H17N3O6S/c1-9-18(16,17)5-3-10-8(15)11-6(2-4-12)7(13)14/h6,9,12H,2-5H2,1H3,(H,13,14)(H2,10,11,15)/t6-/m1/s1. The van der Waals surface area contributed by atoms with Crippen molar-refractivity contribution in [1.29, 1.82) is 0 Å². The molecular formula is C8H17N3O6S. The molecule has 0 aromatic carbocycles. The summed E-state index contributed by atoms with van der Waals surface area (Å²) in [5, 5.41) is 21.6. The first-order valence-corrected chi connectivity index (χ1v) is 6.77. The Kier molecular flexibility index (Phi) is 7.24. The van der Waals surface area contributed by atoms with Gasteiger partial charge < -0.3 is 20.8 Å². The highest BCUT2D eigenvalue weighted by molar-refractivity contribution is 7.89. The molecule has 10 heteroatoms. The number of carbonyl (C=O) groups is 2. The van der Waals surface area contributed by atoms with Gasteiger partial charge >= 0.3 is 12.0 Å². The van der Waals surface area contributed by atoms with Crippen molar-refractivity contribution in [1.82, 2.24) is 15.4 Å². The van der Waals surface area contributed by atoms with Crippen LogP contribution >= 0.6 is 0 Å². The summed E-state index contributed by atoms with van der Waals surface area (Å²) in [5.74, 6) is -1.59. The summed E-state index contributed by atoms with van der Waals surface area (Å²) in [4.78, 5) is 21.9. The molecule has 0 saturated heterocycles. The number of sulfonamides is 1. The molecule has 0 aromatic heterocycles. The van der Waals surface area contributed by atoms with E-state index in [0.29, 0.717) is 0 Å². The van der Waals surface area contributed by atoms with Crippen molar-refractivity contribution in [3.8, 4) is 0 Å². The summed E-state index contributed by atoms with van der Waals surface area (Å²) in [6.07, 6.45) is -0.127. The molecule has 0 unspecified atom stereocenters. The summed E-state index contributed by atoms with van der Waals surface area (Å²) in [5.41, 5.74) is 0. The third-order valence-corrected chi connectivity index (χ3v) is 3.35. The van der Waals surface area contributed by atoms with Crippen LogP contribution in [-0.4, -0.2) is 62.6 Å². The Morgan fingerprint density at radius 2 is 1.94 bits per heavy atom. The maximum Gasteiger partial charge on any atom is 0.326 e. The van der Waals surface area contributed by atoms with Crippen LogP contribution in [0.2, 0.25) is 0 Å². The lowest BCUT2D eigenvalue weighted by Crippen LogP contribution is -2.47. The number of urea groups is 1. The zero-order valence-corrected chi connectivity index (χ0v) is 10.7. The van der Waals surface area contributed by atoms with Gasteiger partial charge in [0.2, 0.25) is 10.0 Å². The number of nitrogens with one attached hydrogen (secondary N) is 3. The van der Waals surface area contributed by atoms with E-state index in [1.54, 1.807) is 0 Å². The smallest absolute Gasteiger partial charge is 0.326 e. The van der Waals surface area contributed by atoms with Crippen LogP contribution in [0.3, 0.4) is 0 Å². The minimum Gasteiger partial charge on any atom is -0.480 e. The summed E-state index contributed by atoms with van der Waals surface area (Å²) in [6.45, 7) is -0.536. The Morgan fingerprint density at radius 1 is 1.33 bits per heavy atom. The van der Waals surface area contributed by atoms with E-state index in [1.807, 2.05) is 0 Å². The van der Waals surface area contributed by atoms with Crippen LogP contribution in [0.1, 0.15) is 6.42 Å². The van der Waals surface area contributed by atoms with Crippen LogP contribution in [0.15, 0.2) is 0 Å². The first-order chi connectivity index (χ1) is 8.32. The van der Waals surface area contributed by atoms with Gasteiger partial charge in [-0.05, 0) is 7.05 Å². The molecule has 0 aliphatic carbocycles. The fourth-order valence-corrected chi connectivity index (χ4v) is 1.57. The maximum atomic E-state index is 11.2. The second kappa shape index (κ2) is 7.84. The quantitative estimate of drug-likeness (QED) is 0.338. The van der Waals surface area contributed by atoms with Crippen LogP contribution in [-0.2, 0) is 14.8 Å². The summed E-state index contributed by atoms with van der Waals surface area (Å²) >= 11 is 0. The molecule has 5 N–H and O–H groups in total. The van der Waals surface area contributed by atoms with Gasteiger partial charge in [0.25, 0.3) is 0 Å². The van der Waals surface area contributed by atoms with Crippen LogP contribution in [0.5, 0.6) is 0 Å². The Morgan fingerprint density at radius 3 is 2.39 bits per heavy atom. The molecule has 0 aliphatic rings. The molecule has 0 aromatic rings. The SMILES string of the molecule is CNS(=O)(=O)CCNC(=O)N[C@H](CCO)C(=O)O. The zero-order valence-electron chi connectivity index (χ0n) is 9.84. The summed E-state index contributed by atoms with van der Waals surface area (Å²) in [7, 11) is -2.17. The molecule has 0 radical (unpaired) electrons. The number of amides is 2. The Hall–Kier alpha value is -1.39. The van der Waals surface area contributed by atoms with E-state index in [1.165, 1.54) is 7.05 Å². The average Bonchev–Trinajstić information content (AvgIpc) is 2.28. The van der Waals surface area contributed by atoms with Gasteiger partial charge in [-0.1, -0.05) is 0 Å². The largest absolute Gasteiger partial charge is 0.480 e. The Labute approximate surface area is 105 Å².